The average molecular weight is 389 g/mol. The summed E-state index contributed by atoms with van der Waals surface area (Å²) in [6.45, 7) is 0. The Labute approximate surface area is 146 Å². The molecule has 0 amide bonds. The van der Waals surface area contributed by atoms with E-state index in [1.165, 1.54) is 30.4 Å². The maximum Gasteiger partial charge on any atom is 0.424 e. The molecular weight excluding hydrogens is 376 g/mol. The summed E-state index contributed by atoms with van der Waals surface area (Å²) in [7, 11) is 1.51. The first-order valence-corrected chi connectivity index (χ1v) is 7.70. The molecule has 0 aliphatic rings. The van der Waals surface area contributed by atoms with Gasteiger partial charge in [0, 0.05) is 31.0 Å². The highest BCUT2D eigenvalue weighted by Gasteiger charge is 2.16. The SMILES string of the molecule is COc1cc(/C=C/n2ccnc2)cc(Br)c1OC(=O)n1ccnc1. The number of rotatable bonds is 4. The number of benzene rings is 1. The molecule has 0 bridgehead atoms. The van der Waals surface area contributed by atoms with Crippen LogP contribution in [0.3, 0.4) is 0 Å². The van der Waals surface area contributed by atoms with E-state index in [1.54, 1.807) is 18.6 Å². The second-order valence-corrected chi connectivity index (χ2v) is 5.55. The van der Waals surface area contributed by atoms with Crippen LogP contribution in [0.15, 0.2) is 54.0 Å². The summed E-state index contributed by atoms with van der Waals surface area (Å²) >= 11 is 3.41. The van der Waals surface area contributed by atoms with Gasteiger partial charge in [0.15, 0.2) is 11.5 Å². The van der Waals surface area contributed by atoms with Crippen LogP contribution in [0.1, 0.15) is 5.56 Å². The number of ether oxygens (including phenoxy) is 2. The van der Waals surface area contributed by atoms with E-state index in [0.717, 1.165) is 5.56 Å². The van der Waals surface area contributed by atoms with Crippen LogP contribution in [-0.2, 0) is 0 Å². The van der Waals surface area contributed by atoms with E-state index in [1.807, 2.05) is 29.1 Å². The molecule has 2 aromatic heterocycles. The second kappa shape index (κ2) is 7.14. The molecule has 1 aromatic carbocycles. The molecule has 0 atom stereocenters. The summed E-state index contributed by atoms with van der Waals surface area (Å²) in [5.41, 5.74) is 0.870. The molecule has 0 aliphatic carbocycles. The minimum atomic E-state index is -0.576. The fourth-order valence-corrected chi connectivity index (χ4v) is 2.51. The Bertz CT molecular complexity index is 858. The van der Waals surface area contributed by atoms with Crippen LogP contribution in [0.5, 0.6) is 11.5 Å². The summed E-state index contributed by atoms with van der Waals surface area (Å²) in [6.07, 6.45) is 12.7. The number of methoxy groups -OCH3 is 1. The molecule has 0 saturated carbocycles. The Kier molecular flexibility index (Phi) is 4.76. The first-order chi connectivity index (χ1) is 11.7. The highest BCUT2D eigenvalue weighted by Crippen LogP contribution is 2.37. The van der Waals surface area contributed by atoms with Crippen molar-refractivity contribution in [2.45, 2.75) is 0 Å². The van der Waals surface area contributed by atoms with E-state index in [4.69, 9.17) is 9.47 Å². The van der Waals surface area contributed by atoms with Gasteiger partial charge in [0.2, 0.25) is 0 Å². The quantitative estimate of drug-likeness (QED) is 0.683. The fourth-order valence-electron chi connectivity index (χ4n) is 1.97. The van der Waals surface area contributed by atoms with Gasteiger partial charge in [-0.25, -0.2) is 19.3 Å². The topological polar surface area (TPSA) is 71.2 Å². The van der Waals surface area contributed by atoms with Gasteiger partial charge in [-0.15, -0.1) is 0 Å². The Morgan fingerprint density at radius 3 is 2.67 bits per heavy atom. The van der Waals surface area contributed by atoms with E-state index in [2.05, 4.69) is 25.9 Å². The summed E-state index contributed by atoms with van der Waals surface area (Å²) in [5, 5.41) is 0. The standard InChI is InChI=1S/C16H13BrN4O3/c1-23-14-9-12(2-5-20-6-3-18-10-20)8-13(17)15(14)24-16(22)21-7-4-19-11-21/h2-11H,1H3/b5-2+. The number of imidazole rings is 2. The van der Waals surface area contributed by atoms with Gasteiger partial charge in [0.25, 0.3) is 0 Å². The zero-order valence-electron chi connectivity index (χ0n) is 12.7. The van der Waals surface area contributed by atoms with Crippen LogP contribution in [-0.4, -0.2) is 32.3 Å². The van der Waals surface area contributed by atoms with E-state index >= 15 is 0 Å². The molecule has 0 radical (unpaired) electrons. The van der Waals surface area contributed by atoms with Crippen molar-refractivity contribution in [3.63, 3.8) is 0 Å². The lowest BCUT2D eigenvalue weighted by Gasteiger charge is -2.12. The Balaban J connectivity index is 1.86. The largest absolute Gasteiger partial charge is 0.493 e. The lowest BCUT2D eigenvalue weighted by Crippen LogP contribution is -2.15. The lowest BCUT2D eigenvalue weighted by atomic mass is 10.2. The van der Waals surface area contributed by atoms with Gasteiger partial charge in [-0.2, -0.15) is 0 Å². The molecule has 2 heterocycles. The van der Waals surface area contributed by atoms with E-state index < -0.39 is 6.09 Å². The van der Waals surface area contributed by atoms with Crippen molar-refractivity contribution >= 4 is 34.3 Å². The van der Waals surface area contributed by atoms with Crippen molar-refractivity contribution in [2.75, 3.05) is 7.11 Å². The van der Waals surface area contributed by atoms with Gasteiger partial charge in [0.1, 0.15) is 6.33 Å². The highest BCUT2D eigenvalue weighted by atomic mass is 79.9. The first kappa shape index (κ1) is 16.0. The minimum absolute atomic E-state index is 0.302. The number of carbonyl (C=O) groups is 1. The molecule has 7 nitrogen and oxygen atoms in total. The predicted molar refractivity (Wildman–Crippen MR) is 91.8 cm³/mol. The molecule has 8 heteroatoms. The number of nitrogens with zero attached hydrogens (tertiary/aromatic N) is 4. The number of hydrogen-bond acceptors (Lipinski definition) is 5. The molecular formula is C16H13BrN4O3. The molecule has 122 valence electrons. The van der Waals surface area contributed by atoms with Crippen LogP contribution in [0, 0.1) is 0 Å². The summed E-state index contributed by atoms with van der Waals surface area (Å²) in [6, 6.07) is 3.60. The smallest absolute Gasteiger partial charge is 0.424 e. The maximum absolute atomic E-state index is 12.1. The molecule has 3 aromatic rings. The summed E-state index contributed by atoms with van der Waals surface area (Å²) in [4.78, 5) is 19.8. The second-order valence-electron chi connectivity index (χ2n) is 4.70. The van der Waals surface area contributed by atoms with Gasteiger partial charge in [-0.1, -0.05) is 0 Å². The van der Waals surface area contributed by atoms with Crippen molar-refractivity contribution in [3.05, 3.63) is 59.6 Å². The minimum Gasteiger partial charge on any atom is -0.493 e. The highest BCUT2D eigenvalue weighted by molar-refractivity contribution is 9.10. The Morgan fingerprint density at radius 2 is 2.00 bits per heavy atom. The van der Waals surface area contributed by atoms with E-state index in [9.17, 15) is 4.79 Å². The van der Waals surface area contributed by atoms with Crippen LogP contribution < -0.4 is 9.47 Å². The van der Waals surface area contributed by atoms with Crippen molar-refractivity contribution in [1.29, 1.82) is 0 Å². The Hall–Kier alpha value is -2.87. The van der Waals surface area contributed by atoms with Crippen molar-refractivity contribution in [2.24, 2.45) is 0 Å². The third-order valence-corrected chi connectivity index (χ3v) is 3.71. The molecule has 3 rings (SSSR count). The van der Waals surface area contributed by atoms with E-state index in [-0.39, 0.29) is 0 Å². The monoisotopic (exact) mass is 388 g/mol. The molecule has 0 fully saturated rings. The molecule has 0 spiro atoms. The predicted octanol–water partition coefficient (Wildman–Crippen LogP) is 3.53. The van der Waals surface area contributed by atoms with Crippen molar-refractivity contribution in [3.8, 4) is 11.5 Å². The van der Waals surface area contributed by atoms with Gasteiger partial charge < -0.3 is 14.0 Å². The molecule has 0 N–H and O–H groups in total. The normalized spacial score (nSPS) is 10.9. The number of halogens is 1. The van der Waals surface area contributed by atoms with Crippen LogP contribution in [0.4, 0.5) is 4.79 Å². The number of aromatic nitrogens is 4. The van der Waals surface area contributed by atoms with Crippen LogP contribution >= 0.6 is 15.9 Å². The molecule has 0 aliphatic heterocycles. The van der Waals surface area contributed by atoms with Gasteiger partial charge in [-0.3, -0.25) is 0 Å². The van der Waals surface area contributed by atoms with Crippen LogP contribution in [0.2, 0.25) is 0 Å². The summed E-state index contributed by atoms with van der Waals surface area (Å²) in [5.74, 6) is 0.735. The zero-order valence-corrected chi connectivity index (χ0v) is 14.3. The van der Waals surface area contributed by atoms with Crippen LogP contribution in [0.25, 0.3) is 12.3 Å². The molecule has 0 saturated heterocycles. The first-order valence-electron chi connectivity index (χ1n) is 6.90. The molecule has 24 heavy (non-hydrogen) atoms. The maximum atomic E-state index is 12.1. The van der Waals surface area contributed by atoms with Crippen molar-refractivity contribution in [1.82, 2.24) is 19.1 Å². The zero-order chi connectivity index (χ0) is 16.9. The number of hydrogen-bond donors (Lipinski definition) is 0. The third kappa shape index (κ3) is 3.54. The van der Waals surface area contributed by atoms with Gasteiger partial charge >= 0.3 is 6.09 Å². The molecule has 0 unspecified atom stereocenters. The van der Waals surface area contributed by atoms with Gasteiger partial charge in [0.05, 0.1) is 17.9 Å². The van der Waals surface area contributed by atoms with E-state index in [0.29, 0.717) is 16.0 Å². The van der Waals surface area contributed by atoms with Crippen molar-refractivity contribution < 1.29 is 14.3 Å². The lowest BCUT2D eigenvalue weighted by molar-refractivity contribution is 0.199. The average Bonchev–Trinajstić information content (AvgIpc) is 3.28. The fraction of sp³-hybridized carbons (Fsp3) is 0.0625. The summed E-state index contributed by atoms with van der Waals surface area (Å²) < 4.78 is 14.4. The van der Waals surface area contributed by atoms with Gasteiger partial charge in [-0.05, 0) is 39.7 Å². The number of carbonyl (C=O) groups excluding carboxylic acids is 1. The Morgan fingerprint density at radius 1 is 1.21 bits per heavy atom. The third-order valence-electron chi connectivity index (χ3n) is 3.12.